The number of methoxy groups -OCH3 is 1. The molecule has 4 fully saturated rings. The van der Waals surface area contributed by atoms with E-state index in [0.717, 1.165) is 92.9 Å². The Morgan fingerprint density at radius 3 is 2.10 bits per heavy atom. The normalized spacial score (nSPS) is 22.8. The van der Waals surface area contributed by atoms with E-state index in [1.54, 1.807) is 28.4 Å². The lowest BCUT2D eigenvalue weighted by atomic mass is 9.86. The van der Waals surface area contributed by atoms with E-state index in [0.29, 0.717) is 40.6 Å². The van der Waals surface area contributed by atoms with Crippen molar-refractivity contribution >= 4 is 33.2 Å². The van der Waals surface area contributed by atoms with Crippen LogP contribution in [0.2, 0.25) is 0 Å². The number of ether oxygens (including phenoxy) is 1. The number of nitriles is 2. The monoisotopic (exact) mass is 819 g/mol. The first-order valence-corrected chi connectivity index (χ1v) is 21.2. The number of nitrogens with two attached hydrogens (primary N) is 1. The summed E-state index contributed by atoms with van der Waals surface area (Å²) in [5.41, 5.74) is 1.91. The molecule has 16 nitrogen and oxygen atoms in total. The van der Waals surface area contributed by atoms with E-state index in [9.17, 15) is 29.7 Å². The Balaban J connectivity index is 0.944. The molecule has 318 valence electrons. The number of H-pyrrole nitrogens is 1. The maximum Gasteiger partial charge on any atom is 0.350 e. The highest BCUT2D eigenvalue weighted by molar-refractivity contribution is 5.91. The van der Waals surface area contributed by atoms with E-state index in [-0.39, 0.29) is 35.4 Å². The van der Waals surface area contributed by atoms with Gasteiger partial charge in [0.25, 0.3) is 11.1 Å². The first-order valence-electron chi connectivity index (χ1n) is 21.2. The largest absolute Gasteiger partial charge is 0.492 e. The minimum atomic E-state index is -0.488. The fourth-order valence-electron chi connectivity index (χ4n) is 10.5. The minimum absolute atomic E-state index is 0.0461. The van der Waals surface area contributed by atoms with Crippen LogP contribution in [-0.2, 0) is 0 Å². The fraction of sp³-hybridized carbons (Fsp3) is 0.591. The van der Waals surface area contributed by atoms with Crippen LogP contribution < -0.4 is 42.9 Å². The van der Waals surface area contributed by atoms with Crippen molar-refractivity contribution in [3.8, 4) is 17.9 Å². The molecule has 2 aromatic carbocycles. The number of hydrogen-bond donors (Lipinski definition) is 2. The number of aromatic nitrogens is 4. The van der Waals surface area contributed by atoms with Crippen molar-refractivity contribution in [1.29, 1.82) is 10.5 Å². The molecule has 2 aliphatic heterocycles. The first-order chi connectivity index (χ1) is 28.6. The van der Waals surface area contributed by atoms with Crippen LogP contribution in [0.4, 0.5) is 11.4 Å². The van der Waals surface area contributed by atoms with Crippen molar-refractivity contribution < 1.29 is 4.74 Å². The second-order valence-corrected chi connectivity index (χ2v) is 18.8. The molecular weight excluding hydrogens is 763 g/mol. The quantitative estimate of drug-likeness (QED) is 0.177. The molecule has 4 heterocycles. The van der Waals surface area contributed by atoms with Gasteiger partial charge in [0, 0.05) is 69.6 Å². The Kier molecular flexibility index (Phi) is 10.6. The lowest BCUT2D eigenvalue weighted by Crippen LogP contribution is -2.47. The van der Waals surface area contributed by atoms with Crippen LogP contribution in [-0.4, -0.2) is 102 Å². The Morgan fingerprint density at radius 2 is 1.48 bits per heavy atom. The predicted molar refractivity (Wildman–Crippen MR) is 232 cm³/mol. The van der Waals surface area contributed by atoms with E-state index in [4.69, 9.17) is 10.6 Å². The third-order valence-electron chi connectivity index (χ3n) is 13.7. The van der Waals surface area contributed by atoms with Crippen LogP contribution in [0.3, 0.4) is 0 Å². The van der Waals surface area contributed by atoms with E-state index in [2.05, 4.69) is 50.6 Å². The Labute approximate surface area is 348 Å². The first kappa shape index (κ1) is 41.2. The van der Waals surface area contributed by atoms with Crippen LogP contribution in [0.5, 0.6) is 5.75 Å². The summed E-state index contributed by atoms with van der Waals surface area (Å²) in [6, 6.07) is 12.2. The van der Waals surface area contributed by atoms with Crippen LogP contribution in [0.15, 0.2) is 43.4 Å². The lowest BCUT2D eigenvalue weighted by Gasteiger charge is -2.38. The Bertz CT molecular complexity index is 2680. The molecule has 2 saturated carbocycles. The molecule has 8 rings (SSSR count). The van der Waals surface area contributed by atoms with Gasteiger partial charge in [0.05, 0.1) is 53.6 Å². The zero-order valence-electron chi connectivity index (χ0n) is 35.7. The van der Waals surface area contributed by atoms with E-state index in [1.807, 2.05) is 33.2 Å². The van der Waals surface area contributed by atoms with Gasteiger partial charge in [-0.2, -0.15) is 15.2 Å². The van der Waals surface area contributed by atoms with E-state index in [1.165, 1.54) is 0 Å². The van der Waals surface area contributed by atoms with Crippen LogP contribution in [0, 0.1) is 46.3 Å². The SMILES string of the molecule is COc1c(N2CCC(C)(CN(C)CC(C#N)C(CC#N)N(C)CC3(C)CCN(c4ccc5c(=O)n(N)c(=O)n(C6CC6)c5c4C)C3)C2)ccc2c(=O)[nH]c(=O)n(C3CC3)c12. The standard InChI is InChI=1S/C44H57N11O5/c1-27-33(13-12-32-36(27)54(30-9-10-30)42(59)55(47)40(32)57)51-19-17-44(3,26-51)24-50(5)34(15-18-45)28(21-46)22-49(4)23-43(2)16-20-52(25-43)35-14-11-31-37(38(35)60-6)53(29-7-8-29)41(58)48-39(31)56/h11-14,28-30,34H,7-10,15-17,19-20,22-26,47H2,1-6H3,(H,48,56,58). The maximum atomic E-state index is 13.1. The molecule has 0 radical (unpaired) electrons. The van der Waals surface area contributed by atoms with Gasteiger partial charge in [-0.25, -0.2) is 9.59 Å². The smallest absolute Gasteiger partial charge is 0.350 e. The number of fused-ring (bicyclic) bond motifs is 2. The summed E-state index contributed by atoms with van der Waals surface area (Å²) in [4.78, 5) is 63.4. The molecule has 60 heavy (non-hydrogen) atoms. The van der Waals surface area contributed by atoms with Gasteiger partial charge in [-0.15, -0.1) is 0 Å². The molecular formula is C44H57N11O5. The molecule has 0 bridgehead atoms. The second-order valence-electron chi connectivity index (χ2n) is 18.8. The van der Waals surface area contributed by atoms with Crippen molar-refractivity contribution in [1.82, 2.24) is 28.6 Å². The fourth-order valence-corrected chi connectivity index (χ4v) is 10.5. The molecule has 0 spiro atoms. The zero-order valence-corrected chi connectivity index (χ0v) is 35.7. The van der Waals surface area contributed by atoms with Gasteiger partial charge in [-0.1, -0.05) is 13.8 Å². The van der Waals surface area contributed by atoms with Gasteiger partial charge in [0.2, 0.25) is 0 Å². The minimum Gasteiger partial charge on any atom is -0.492 e. The van der Waals surface area contributed by atoms with Crippen molar-refractivity contribution in [3.63, 3.8) is 0 Å². The number of aromatic amines is 1. The van der Waals surface area contributed by atoms with Crippen molar-refractivity contribution in [3.05, 3.63) is 71.5 Å². The molecule has 0 amide bonds. The topological polar surface area (TPSA) is 195 Å². The summed E-state index contributed by atoms with van der Waals surface area (Å²) >= 11 is 0. The number of rotatable bonds is 14. The lowest BCUT2D eigenvalue weighted by molar-refractivity contribution is 0.114. The van der Waals surface area contributed by atoms with Crippen molar-refractivity contribution in [2.24, 2.45) is 16.7 Å². The molecule has 2 aromatic heterocycles. The summed E-state index contributed by atoms with van der Waals surface area (Å²) in [5, 5.41) is 21.5. The molecule has 3 N–H and O–H groups in total. The average molecular weight is 820 g/mol. The van der Waals surface area contributed by atoms with Gasteiger partial charge in [-0.3, -0.25) is 23.7 Å². The van der Waals surface area contributed by atoms with Gasteiger partial charge >= 0.3 is 11.4 Å². The van der Waals surface area contributed by atoms with Gasteiger partial charge in [0.15, 0.2) is 5.75 Å². The summed E-state index contributed by atoms with van der Waals surface area (Å²) < 4.78 is 10.1. The average Bonchev–Trinajstić information content (AvgIpc) is 4.15. The number of anilines is 2. The Hall–Kier alpha value is -5.58. The van der Waals surface area contributed by atoms with Gasteiger partial charge < -0.3 is 30.2 Å². The highest BCUT2D eigenvalue weighted by Crippen LogP contribution is 2.44. The molecule has 4 aliphatic rings. The summed E-state index contributed by atoms with van der Waals surface area (Å²) in [6.07, 6.45) is 5.55. The molecule has 4 atom stereocenters. The number of nitrogens with zero attached hydrogens (tertiary/aromatic N) is 9. The van der Waals surface area contributed by atoms with E-state index >= 15 is 0 Å². The second kappa shape index (κ2) is 15.5. The zero-order chi connectivity index (χ0) is 42.8. The molecule has 2 aliphatic carbocycles. The van der Waals surface area contributed by atoms with Gasteiger partial charge in [0.1, 0.15) is 5.52 Å². The van der Waals surface area contributed by atoms with Gasteiger partial charge in [-0.05, 0) is 100 Å². The van der Waals surface area contributed by atoms with Crippen molar-refractivity contribution in [2.75, 3.05) is 82.7 Å². The van der Waals surface area contributed by atoms with Crippen molar-refractivity contribution in [2.45, 2.75) is 83.8 Å². The molecule has 16 heteroatoms. The molecule has 4 aromatic rings. The number of nitrogens with one attached hydrogen (secondary N) is 1. The van der Waals surface area contributed by atoms with Crippen LogP contribution in [0.1, 0.15) is 76.4 Å². The number of aryl methyl sites for hydroxylation is 1. The summed E-state index contributed by atoms with van der Waals surface area (Å²) in [7, 11) is 5.66. The highest BCUT2D eigenvalue weighted by atomic mass is 16.5. The maximum absolute atomic E-state index is 13.1. The third-order valence-corrected chi connectivity index (χ3v) is 13.7. The summed E-state index contributed by atoms with van der Waals surface area (Å²) in [5.74, 6) is 6.04. The molecule has 2 saturated heterocycles. The summed E-state index contributed by atoms with van der Waals surface area (Å²) in [6.45, 7) is 11.5. The van der Waals surface area contributed by atoms with Crippen LogP contribution in [0.25, 0.3) is 21.8 Å². The number of nitrogen functional groups attached to an aromatic ring is 1. The highest BCUT2D eigenvalue weighted by Gasteiger charge is 2.41. The van der Waals surface area contributed by atoms with Crippen LogP contribution >= 0.6 is 0 Å². The Morgan fingerprint density at radius 1 is 0.883 bits per heavy atom. The molecule has 4 unspecified atom stereocenters. The predicted octanol–water partition coefficient (Wildman–Crippen LogP) is 3.29. The number of hydrogen-bond acceptors (Lipinski definition) is 12. The third kappa shape index (κ3) is 7.34. The van der Waals surface area contributed by atoms with E-state index < -0.39 is 28.4 Å². The number of benzene rings is 2.